The summed E-state index contributed by atoms with van der Waals surface area (Å²) in [6.45, 7) is 1.20. The predicted molar refractivity (Wildman–Crippen MR) is 109 cm³/mol. The molecule has 132 valence electrons. The normalized spacial score (nSPS) is 10.2. The molecular formula is C22H21NO2S. The molecule has 4 heteroatoms. The number of methoxy groups -OCH3 is 1. The van der Waals surface area contributed by atoms with Crippen LogP contribution < -0.4 is 14.8 Å². The minimum absolute atomic E-state index is 0.538. The maximum atomic E-state index is 5.87. The molecule has 3 aromatic rings. The molecule has 0 aromatic heterocycles. The Bertz CT molecular complexity index is 848. The van der Waals surface area contributed by atoms with E-state index in [-0.39, 0.29) is 0 Å². The SMILES string of the molecule is COc1ccc(CNC(=S)c2cccc(OCc3ccccc3)c2)cc1. The van der Waals surface area contributed by atoms with Crippen LogP contribution in [-0.2, 0) is 13.2 Å². The fourth-order valence-corrected chi connectivity index (χ4v) is 2.69. The smallest absolute Gasteiger partial charge is 0.120 e. The Balaban J connectivity index is 1.57. The number of nitrogens with one attached hydrogen (secondary N) is 1. The van der Waals surface area contributed by atoms with Crippen LogP contribution in [0.1, 0.15) is 16.7 Å². The first-order chi connectivity index (χ1) is 12.7. The molecule has 3 nitrogen and oxygen atoms in total. The van der Waals surface area contributed by atoms with Gasteiger partial charge < -0.3 is 14.8 Å². The molecule has 0 spiro atoms. The number of rotatable bonds is 7. The summed E-state index contributed by atoms with van der Waals surface area (Å²) in [7, 11) is 1.66. The fraction of sp³-hybridized carbons (Fsp3) is 0.136. The second kappa shape index (κ2) is 9.02. The van der Waals surface area contributed by atoms with Crippen molar-refractivity contribution in [2.45, 2.75) is 13.2 Å². The minimum atomic E-state index is 0.538. The van der Waals surface area contributed by atoms with Crippen LogP contribution in [0.5, 0.6) is 11.5 Å². The van der Waals surface area contributed by atoms with Crippen molar-refractivity contribution in [3.8, 4) is 11.5 Å². The van der Waals surface area contributed by atoms with E-state index in [4.69, 9.17) is 21.7 Å². The molecule has 0 radical (unpaired) electrons. The van der Waals surface area contributed by atoms with Crippen molar-refractivity contribution in [2.75, 3.05) is 7.11 Å². The molecule has 0 aliphatic rings. The van der Waals surface area contributed by atoms with E-state index < -0.39 is 0 Å². The first kappa shape index (κ1) is 18.0. The van der Waals surface area contributed by atoms with Crippen molar-refractivity contribution in [1.29, 1.82) is 0 Å². The van der Waals surface area contributed by atoms with E-state index >= 15 is 0 Å². The van der Waals surface area contributed by atoms with Gasteiger partial charge in [0.15, 0.2) is 0 Å². The van der Waals surface area contributed by atoms with Gasteiger partial charge in [0.25, 0.3) is 0 Å². The van der Waals surface area contributed by atoms with Gasteiger partial charge in [0.1, 0.15) is 23.1 Å². The third-order valence-electron chi connectivity index (χ3n) is 3.96. The van der Waals surface area contributed by atoms with Gasteiger partial charge in [-0.1, -0.05) is 66.8 Å². The van der Waals surface area contributed by atoms with Crippen molar-refractivity contribution in [1.82, 2.24) is 5.32 Å². The lowest BCUT2D eigenvalue weighted by atomic mass is 10.2. The van der Waals surface area contributed by atoms with Crippen molar-refractivity contribution in [3.63, 3.8) is 0 Å². The zero-order valence-corrected chi connectivity index (χ0v) is 15.5. The molecule has 0 aliphatic carbocycles. The predicted octanol–water partition coefficient (Wildman–Crippen LogP) is 4.74. The minimum Gasteiger partial charge on any atom is -0.497 e. The van der Waals surface area contributed by atoms with Gasteiger partial charge in [0, 0.05) is 12.1 Å². The Kier molecular flexibility index (Phi) is 6.23. The van der Waals surface area contributed by atoms with Gasteiger partial charge in [-0.15, -0.1) is 0 Å². The van der Waals surface area contributed by atoms with E-state index in [2.05, 4.69) is 5.32 Å². The van der Waals surface area contributed by atoms with Crippen LogP contribution in [0.3, 0.4) is 0 Å². The van der Waals surface area contributed by atoms with Gasteiger partial charge in [-0.25, -0.2) is 0 Å². The van der Waals surface area contributed by atoms with E-state index in [1.807, 2.05) is 78.9 Å². The number of thiocarbonyl (C=S) groups is 1. The van der Waals surface area contributed by atoms with Gasteiger partial charge >= 0.3 is 0 Å². The summed E-state index contributed by atoms with van der Waals surface area (Å²) in [5.41, 5.74) is 3.22. The third kappa shape index (κ3) is 5.07. The molecule has 1 N–H and O–H groups in total. The van der Waals surface area contributed by atoms with Gasteiger partial charge in [0.2, 0.25) is 0 Å². The maximum Gasteiger partial charge on any atom is 0.120 e. The zero-order valence-electron chi connectivity index (χ0n) is 14.6. The Labute approximate surface area is 159 Å². The van der Waals surface area contributed by atoms with E-state index in [9.17, 15) is 0 Å². The van der Waals surface area contributed by atoms with Crippen molar-refractivity contribution in [2.24, 2.45) is 0 Å². The molecule has 3 aromatic carbocycles. The van der Waals surface area contributed by atoms with Crippen LogP contribution in [0.4, 0.5) is 0 Å². The highest BCUT2D eigenvalue weighted by atomic mass is 32.1. The molecule has 3 rings (SSSR count). The van der Waals surface area contributed by atoms with Crippen LogP contribution in [-0.4, -0.2) is 12.1 Å². The molecule has 0 unspecified atom stereocenters. The van der Waals surface area contributed by atoms with Crippen LogP contribution in [0.2, 0.25) is 0 Å². The highest BCUT2D eigenvalue weighted by molar-refractivity contribution is 7.80. The fourth-order valence-electron chi connectivity index (χ4n) is 2.50. The molecule has 0 saturated carbocycles. The van der Waals surface area contributed by atoms with E-state index in [0.29, 0.717) is 18.1 Å². The summed E-state index contributed by atoms with van der Waals surface area (Å²) >= 11 is 5.51. The summed E-state index contributed by atoms with van der Waals surface area (Å²) in [6, 6.07) is 25.9. The van der Waals surface area contributed by atoms with E-state index in [1.165, 1.54) is 0 Å². The molecule has 26 heavy (non-hydrogen) atoms. The summed E-state index contributed by atoms with van der Waals surface area (Å²) in [5, 5.41) is 3.29. The van der Waals surface area contributed by atoms with E-state index in [1.54, 1.807) is 7.11 Å². The zero-order chi connectivity index (χ0) is 18.2. The maximum absolute atomic E-state index is 5.87. The highest BCUT2D eigenvalue weighted by Gasteiger charge is 2.04. The Morgan fingerprint density at radius 1 is 0.846 bits per heavy atom. The average Bonchev–Trinajstić information content (AvgIpc) is 2.72. The second-order valence-corrected chi connectivity index (χ2v) is 6.24. The number of ether oxygens (including phenoxy) is 2. The molecule has 0 fully saturated rings. The summed E-state index contributed by atoms with van der Waals surface area (Å²) < 4.78 is 11.0. The van der Waals surface area contributed by atoms with Gasteiger partial charge in [-0.3, -0.25) is 0 Å². The second-order valence-electron chi connectivity index (χ2n) is 5.83. The quantitative estimate of drug-likeness (QED) is 0.614. The van der Waals surface area contributed by atoms with Gasteiger partial charge in [-0.05, 0) is 35.4 Å². The standard InChI is InChI=1S/C22H21NO2S/c1-24-20-12-10-17(11-13-20)15-23-22(26)19-8-5-9-21(14-19)25-16-18-6-3-2-4-7-18/h2-14H,15-16H2,1H3,(H,23,26). The van der Waals surface area contributed by atoms with Gasteiger partial charge in [-0.2, -0.15) is 0 Å². The molecule has 0 amide bonds. The highest BCUT2D eigenvalue weighted by Crippen LogP contribution is 2.16. The van der Waals surface area contributed by atoms with Crippen LogP contribution >= 0.6 is 12.2 Å². The lowest BCUT2D eigenvalue weighted by Gasteiger charge is -2.11. The first-order valence-corrected chi connectivity index (χ1v) is 8.83. The molecule has 0 saturated heterocycles. The number of hydrogen-bond donors (Lipinski definition) is 1. The monoisotopic (exact) mass is 363 g/mol. The Morgan fingerprint density at radius 3 is 2.35 bits per heavy atom. The summed E-state index contributed by atoms with van der Waals surface area (Å²) in [6.07, 6.45) is 0. The number of hydrogen-bond acceptors (Lipinski definition) is 3. The van der Waals surface area contributed by atoms with Crippen LogP contribution in [0, 0.1) is 0 Å². The van der Waals surface area contributed by atoms with Crippen LogP contribution in [0.25, 0.3) is 0 Å². The lowest BCUT2D eigenvalue weighted by molar-refractivity contribution is 0.306. The van der Waals surface area contributed by atoms with Crippen molar-refractivity contribution < 1.29 is 9.47 Å². The molecule has 0 heterocycles. The summed E-state index contributed by atoms with van der Waals surface area (Å²) in [4.78, 5) is 0.700. The van der Waals surface area contributed by atoms with E-state index in [0.717, 1.165) is 28.2 Å². The topological polar surface area (TPSA) is 30.5 Å². The average molecular weight is 363 g/mol. The van der Waals surface area contributed by atoms with Crippen molar-refractivity contribution >= 4 is 17.2 Å². The van der Waals surface area contributed by atoms with Crippen LogP contribution in [0.15, 0.2) is 78.9 Å². The first-order valence-electron chi connectivity index (χ1n) is 8.42. The molecule has 0 atom stereocenters. The molecule has 0 bridgehead atoms. The molecule has 0 aliphatic heterocycles. The Morgan fingerprint density at radius 2 is 1.62 bits per heavy atom. The van der Waals surface area contributed by atoms with Gasteiger partial charge in [0.05, 0.1) is 7.11 Å². The van der Waals surface area contributed by atoms with Crippen molar-refractivity contribution in [3.05, 3.63) is 95.6 Å². The largest absolute Gasteiger partial charge is 0.497 e. The third-order valence-corrected chi connectivity index (χ3v) is 4.34. The lowest BCUT2D eigenvalue weighted by Crippen LogP contribution is -2.21. The number of benzene rings is 3. The Hall–Kier alpha value is -2.85. The summed E-state index contributed by atoms with van der Waals surface area (Å²) in [5.74, 6) is 1.65. The molecular weight excluding hydrogens is 342 g/mol.